The van der Waals surface area contributed by atoms with Gasteiger partial charge in [0.2, 0.25) is 0 Å². The highest BCUT2D eigenvalue weighted by Crippen LogP contribution is 2.67. The van der Waals surface area contributed by atoms with E-state index in [-0.39, 0.29) is 12.1 Å². The zero-order chi connectivity index (χ0) is 29.9. The Morgan fingerprint density at radius 3 is 2.50 bits per heavy atom. The van der Waals surface area contributed by atoms with Crippen LogP contribution < -0.4 is 0 Å². The van der Waals surface area contributed by atoms with Crippen molar-refractivity contribution in [3.8, 4) is 0 Å². The van der Waals surface area contributed by atoms with Gasteiger partial charge in [0.1, 0.15) is 6.10 Å². The molecule has 0 aromatic heterocycles. The van der Waals surface area contributed by atoms with E-state index in [1.54, 1.807) is 5.57 Å². The van der Waals surface area contributed by atoms with Crippen LogP contribution in [0.1, 0.15) is 140 Å². The van der Waals surface area contributed by atoms with Gasteiger partial charge >= 0.3 is 5.97 Å². The summed E-state index contributed by atoms with van der Waals surface area (Å²) in [7, 11) is 0. The first-order chi connectivity index (χ1) is 20.2. The monoisotopic (exact) mass is 572 g/mol. The molecule has 0 unspecified atom stereocenters. The topological polar surface area (TPSA) is 26.3 Å². The van der Waals surface area contributed by atoms with E-state index in [0.717, 1.165) is 67.6 Å². The van der Waals surface area contributed by atoms with Crippen molar-refractivity contribution in [2.75, 3.05) is 0 Å². The summed E-state index contributed by atoms with van der Waals surface area (Å²) in [5, 5.41) is 0. The molecule has 0 bridgehead atoms. The second kappa shape index (κ2) is 13.4. The minimum atomic E-state index is -0.149. The minimum Gasteiger partial charge on any atom is -0.458 e. The van der Waals surface area contributed by atoms with Crippen LogP contribution >= 0.6 is 0 Å². The number of benzene rings is 1. The lowest BCUT2D eigenvalue weighted by atomic mass is 9.47. The van der Waals surface area contributed by atoms with E-state index in [0.29, 0.717) is 16.4 Å². The van der Waals surface area contributed by atoms with Crippen LogP contribution in [0.2, 0.25) is 0 Å². The summed E-state index contributed by atoms with van der Waals surface area (Å²) in [5.74, 6) is 5.00. The standard InChI is InChI=1S/C40H60O2/c1-7-8-9-10-14-30-15-17-31(18-16-30)38(41)42-33-23-25-39(5)32(27-33)19-20-34-36-22-21-35(29(4)13-11-12-28(2)3)40(36,6)26-24-37(34)39/h7,15-19,28-29,33-37H,1,8-14,20-27H2,2-6H3/t29-,33+,34+,35-,36+,37+,39+,40-/m1/s1. The van der Waals surface area contributed by atoms with Crippen LogP contribution in [-0.2, 0) is 11.2 Å². The molecule has 2 nitrogen and oxygen atoms in total. The first-order valence-electron chi connectivity index (χ1n) is 17.8. The first kappa shape index (κ1) is 31.6. The predicted molar refractivity (Wildman–Crippen MR) is 176 cm³/mol. The van der Waals surface area contributed by atoms with Crippen LogP contribution in [0.5, 0.6) is 0 Å². The fourth-order valence-electron chi connectivity index (χ4n) is 10.4. The Kier molecular flexibility index (Phi) is 10.1. The highest BCUT2D eigenvalue weighted by atomic mass is 16.5. The summed E-state index contributed by atoms with van der Waals surface area (Å²) >= 11 is 0. The smallest absolute Gasteiger partial charge is 0.338 e. The number of carbonyl (C=O) groups excluding carboxylic acids is 1. The number of unbranched alkanes of at least 4 members (excludes halogenated alkanes) is 2. The number of rotatable bonds is 12. The Hall–Kier alpha value is -1.83. The maximum absolute atomic E-state index is 13.1. The molecule has 3 fully saturated rings. The van der Waals surface area contributed by atoms with E-state index in [1.807, 2.05) is 18.2 Å². The van der Waals surface area contributed by atoms with E-state index >= 15 is 0 Å². The van der Waals surface area contributed by atoms with Gasteiger partial charge in [0.05, 0.1) is 5.56 Å². The quantitative estimate of drug-likeness (QED) is 0.141. The van der Waals surface area contributed by atoms with E-state index in [4.69, 9.17) is 4.74 Å². The van der Waals surface area contributed by atoms with Gasteiger partial charge in [-0.3, -0.25) is 0 Å². The van der Waals surface area contributed by atoms with Crippen molar-refractivity contribution in [2.45, 2.75) is 137 Å². The third kappa shape index (κ3) is 6.49. The number of fused-ring (bicyclic) bond motifs is 5. The van der Waals surface area contributed by atoms with Crippen molar-refractivity contribution < 1.29 is 9.53 Å². The molecule has 4 aliphatic carbocycles. The van der Waals surface area contributed by atoms with Gasteiger partial charge in [-0.05, 0) is 135 Å². The van der Waals surface area contributed by atoms with Crippen molar-refractivity contribution in [3.05, 3.63) is 59.7 Å². The molecule has 0 radical (unpaired) electrons. The largest absolute Gasteiger partial charge is 0.458 e. The molecule has 0 spiro atoms. The van der Waals surface area contributed by atoms with Crippen LogP contribution in [0.3, 0.4) is 0 Å². The molecule has 0 amide bonds. The predicted octanol–water partition coefficient (Wildman–Crippen LogP) is 11.2. The summed E-state index contributed by atoms with van der Waals surface area (Å²) in [6.07, 6.45) is 23.3. The zero-order valence-corrected chi connectivity index (χ0v) is 27.6. The Morgan fingerprint density at radius 2 is 1.76 bits per heavy atom. The normalized spacial score (nSPS) is 34.6. The fraction of sp³-hybridized carbons (Fsp3) is 0.725. The molecule has 8 atom stereocenters. The Bertz CT molecular complexity index is 1100. The molecule has 0 aliphatic heterocycles. The number of allylic oxidation sites excluding steroid dienone is 2. The molecule has 232 valence electrons. The molecule has 2 heteroatoms. The van der Waals surface area contributed by atoms with Gasteiger partial charge in [-0.25, -0.2) is 4.79 Å². The van der Waals surface area contributed by atoms with Crippen molar-refractivity contribution in [3.63, 3.8) is 0 Å². The number of ether oxygens (including phenoxy) is 1. The molecule has 1 aromatic carbocycles. The minimum absolute atomic E-state index is 0.0170. The highest BCUT2D eigenvalue weighted by Gasteiger charge is 2.59. The van der Waals surface area contributed by atoms with Crippen molar-refractivity contribution in [1.82, 2.24) is 0 Å². The molecular weight excluding hydrogens is 512 g/mol. The lowest BCUT2D eigenvalue weighted by Gasteiger charge is -2.58. The lowest BCUT2D eigenvalue weighted by Crippen LogP contribution is -2.51. The van der Waals surface area contributed by atoms with Gasteiger partial charge in [0.15, 0.2) is 0 Å². The van der Waals surface area contributed by atoms with Gasteiger partial charge in [-0.1, -0.05) is 83.7 Å². The van der Waals surface area contributed by atoms with Crippen LogP contribution in [0, 0.1) is 46.3 Å². The molecule has 1 aromatic rings. The number of aryl methyl sites for hydroxylation is 1. The maximum atomic E-state index is 13.1. The third-order valence-corrected chi connectivity index (χ3v) is 12.8. The molecule has 4 aliphatic rings. The number of hydrogen-bond acceptors (Lipinski definition) is 2. The van der Waals surface area contributed by atoms with Crippen LogP contribution in [0.4, 0.5) is 0 Å². The van der Waals surface area contributed by atoms with Gasteiger partial charge in [0, 0.05) is 6.42 Å². The molecule has 5 rings (SSSR count). The van der Waals surface area contributed by atoms with Gasteiger partial charge in [-0.2, -0.15) is 0 Å². The number of hydrogen-bond donors (Lipinski definition) is 0. The van der Waals surface area contributed by atoms with E-state index in [9.17, 15) is 4.79 Å². The average Bonchev–Trinajstić information content (AvgIpc) is 3.33. The Morgan fingerprint density at radius 1 is 0.976 bits per heavy atom. The summed E-state index contributed by atoms with van der Waals surface area (Å²) in [6, 6.07) is 8.12. The van der Waals surface area contributed by atoms with E-state index < -0.39 is 0 Å². The highest BCUT2D eigenvalue weighted by molar-refractivity contribution is 5.89. The van der Waals surface area contributed by atoms with Crippen molar-refractivity contribution >= 4 is 5.97 Å². The zero-order valence-electron chi connectivity index (χ0n) is 27.6. The van der Waals surface area contributed by atoms with Gasteiger partial charge in [0.25, 0.3) is 0 Å². The van der Waals surface area contributed by atoms with Crippen molar-refractivity contribution in [2.24, 2.45) is 46.3 Å². The average molecular weight is 573 g/mol. The maximum Gasteiger partial charge on any atom is 0.338 e. The van der Waals surface area contributed by atoms with E-state index in [2.05, 4.69) is 59.4 Å². The van der Waals surface area contributed by atoms with Crippen LogP contribution in [-0.4, -0.2) is 12.1 Å². The number of esters is 1. The lowest BCUT2D eigenvalue weighted by molar-refractivity contribution is -0.0594. The molecule has 0 N–H and O–H groups in total. The van der Waals surface area contributed by atoms with Crippen LogP contribution in [0.25, 0.3) is 0 Å². The SMILES string of the molecule is C=CCCCCc1ccc(C(=O)O[C@H]2CC[C@@]3(C)C(=CC[C@H]4[C@@H]5CC[C@H]([C@H](C)CCCC(C)C)[C@@]5(C)CC[C@@H]43)C2)cc1. The summed E-state index contributed by atoms with van der Waals surface area (Å²) in [4.78, 5) is 13.1. The third-order valence-electron chi connectivity index (χ3n) is 12.8. The molecule has 0 saturated heterocycles. The molecular formula is C40H60O2. The van der Waals surface area contributed by atoms with Crippen molar-refractivity contribution in [1.29, 1.82) is 0 Å². The van der Waals surface area contributed by atoms with Gasteiger partial charge in [-0.15, -0.1) is 6.58 Å². The molecule has 0 heterocycles. The Balaban J connectivity index is 1.18. The second-order valence-electron chi connectivity index (χ2n) is 15.8. The van der Waals surface area contributed by atoms with Crippen LogP contribution in [0.15, 0.2) is 48.6 Å². The Labute approximate surface area is 258 Å². The summed E-state index contributed by atoms with van der Waals surface area (Å²) < 4.78 is 6.14. The van der Waals surface area contributed by atoms with Gasteiger partial charge < -0.3 is 4.74 Å². The number of carbonyl (C=O) groups is 1. The fourth-order valence-corrected chi connectivity index (χ4v) is 10.4. The summed E-state index contributed by atoms with van der Waals surface area (Å²) in [6.45, 7) is 16.4. The second-order valence-corrected chi connectivity index (χ2v) is 15.8. The van der Waals surface area contributed by atoms with E-state index in [1.165, 1.54) is 69.8 Å². The summed E-state index contributed by atoms with van der Waals surface area (Å²) in [5.41, 5.74) is 4.42. The molecule has 3 saturated carbocycles. The first-order valence-corrected chi connectivity index (χ1v) is 17.8. The molecule has 42 heavy (non-hydrogen) atoms.